The summed E-state index contributed by atoms with van der Waals surface area (Å²) in [6.45, 7) is 2.52. The topological polar surface area (TPSA) is 64.6 Å². The Morgan fingerprint density at radius 1 is 1.27 bits per heavy atom. The van der Waals surface area contributed by atoms with E-state index >= 15 is 0 Å². The van der Waals surface area contributed by atoms with E-state index in [2.05, 4.69) is 9.97 Å². The summed E-state index contributed by atoms with van der Waals surface area (Å²) < 4.78 is 12.2. The summed E-state index contributed by atoms with van der Waals surface area (Å²) in [5, 5.41) is 0. The van der Waals surface area contributed by atoms with Gasteiger partial charge in [0.15, 0.2) is 0 Å². The molecule has 0 aromatic carbocycles. The van der Waals surface area contributed by atoms with E-state index in [0.717, 1.165) is 31.4 Å². The van der Waals surface area contributed by atoms with Gasteiger partial charge in [-0.2, -0.15) is 0 Å². The molecule has 1 amide bonds. The van der Waals surface area contributed by atoms with E-state index in [9.17, 15) is 4.79 Å². The Bertz CT molecular complexity index is 740. The molecule has 2 saturated heterocycles. The van der Waals surface area contributed by atoms with E-state index in [1.165, 1.54) is 0 Å². The van der Waals surface area contributed by atoms with Crippen LogP contribution in [-0.2, 0) is 16.1 Å². The lowest BCUT2D eigenvalue weighted by molar-refractivity contribution is -0.0466. The number of carbonyl (C=O) groups is 1. The monoisotopic (exact) mass is 353 g/mol. The molecule has 0 saturated carbocycles. The molecule has 2 fully saturated rings. The molecule has 6 heteroatoms. The van der Waals surface area contributed by atoms with Crippen molar-refractivity contribution in [2.45, 2.75) is 37.6 Å². The van der Waals surface area contributed by atoms with Gasteiger partial charge in [-0.3, -0.25) is 14.8 Å². The van der Waals surface area contributed by atoms with Crippen LogP contribution in [0.15, 0.2) is 49.1 Å². The highest BCUT2D eigenvalue weighted by Gasteiger charge is 2.45. The van der Waals surface area contributed by atoms with Crippen molar-refractivity contribution in [3.8, 4) is 0 Å². The van der Waals surface area contributed by atoms with Crippen LogP contribution in [0.4, 0.5) is 0 Å². The number of ether oxygens (including phenoxy) is 2. The number of likely N-dealkylation sites (tertiary alicyclic amines) is 1. The fourth-order valence-corrected chi connectivity index (χ4v) is 3.84. The van der Waals surface area contributed by atoms with Crippen molar-refractivity contribution < 1.29 is 14.3 Å². The summed E-state index contributed by atoms with van der Waals surface area (Å²) in [5.41, 5.74) is 1.46. The van der Waals surface area contributed by atoms with Crippen molar-refractivity contribution in [1.82, 2.24) is 14.9 Å². The molecule has 0 radical (unpaired) electrons. The average molecular weight is 353 g/mol. The first-order chi connectivity index (χ1) is 12.7. The zero-order chi connectivity index (χ0) is 17.8. The molecule has 2 aliphatic rings. The predicted octanol–water partition coefficient (Wildman–Crippen LogP) is 2.46. The molecular formula is C20H23N3O3. The molecule has 2 aromatic rings. The zero-order valence-corrected chi connectivity index (χ0v) is 14.7. The van der Waals surface area contributed by atoms with E-state index < -0.39 is 0 Å². The third-order valence-electron chi connectivity index (χ3n) is 5.14. The van der Waals surface area contributed by atoms with Crippen molar-refractivity contribution in [2.75, 3.05) is 19.7 Å². The quantitative estimate of drug-likeness (QED) is 0.845. The number of nitrogens with zero attached hydrogens (tertiary/aromatic N) is 3. The summed E-state index contributed by atoms with van der Waals surface area (Å²) in [6.07, 6.45) is 9.70. The number of carbonyl (C=O) groups excluding carboxylic acids is 1. The fraction of sp³-hybridized carbons (Fsp3) is 0.450. The lowest BCUT2D eigenvalue weighted by Crippen LogP contribution is -2.50. The van der Waals surface area contributed by atoms with Crippen LogP contribution in [-0.4, -0.2) is 52.2 Å². The summed E-state index contributed by atoms with van der Waals surface area (Å²) in [5.74, 6) is 0.0507. The van der Waals surface area contributed by atoms with Gasteiger partial charge < -0.3 is 14.4 Å². The molecule has 136 valence electrons. The van der Waals surface area contributed by atoms with Gasteiger partial charge in [0.1, 0.15) is 0 Å². The van der Waals surface area contributed by atoms with E-state index in [1.807, 2.05) is 23.2 Å². The molecule has 2 aliphatic heterocycles. The van der Waals surface area contributed by atoms with Crippen LogP contribution in [0.3, 0.4) is 0 Å². The Morgan fingerprint density at radius 3 is 2.96 bits per heavy atom. The molecule has 26 heavy (non-hydrogen) atoms. The maximum atomic E-state index is 12.7. The molecule has 1 spiro atoms. The van der Waals surface area contributed by atoms with Gasteiger partial charge in [0.05, 0.1) is 31.5 Å². The highest BCUT2D eigenvalue weighted by Crippen LogP contribution is 2.36. The maximum absolute atomic E-state index is 12.7. The normalized spacial score (nSPS) is 25.5. The van der Waals surface area contributed by atoms with Gasteiger partial charge in [-0.1, -0.05) is 6.07 Å². The largest absolute Gasteiger partial charge is 0.371 e. The van der Waals surface area contributed by atoms with Crippen molar-refractivity contribution in [3.63, 3.8) is 0 Å². The van der Waals surface area contributed by atoms with Crippen LogP contribution >= 0.6 is 0 Å². The van der Waals surface area contributed by atoms with Crippen molar-refractivity contribution in [3.05, 3.63) is 60.2 Å². The third kappa shape index (κ3) is 3.76. The molecule has 0 aliphatic carbocycles. The fourth-order valence-electron chi connectivity index (χ4n) is 3.84. The van der Waals surface area contributed by atoms with E-state index in [0.29, 0.717) is 25.3 Å². The summed E-state index contributed by atoms with van der Waals surface area (Å²) >= 11 is 0. The number of hydrogen-bond donors (Lipinski definition) is 0. The summed E-state index contributed by atoms with van der Waals surface area (Å²) in [4.78, 5) is 22.7. The van der Waals surface area contributed by atoms with Gasteiger partial charge >= 0.3 is 0 Å². The van der Waals surface area contributed by atoms with Crippen LogP contribution in [0, 0.1) is 0 Å². The minimum atomic E-state index is -0.277. The van der Waals surface area contributed by atoms with E-state index in [-0.39, 0.29) is 17.6 Å². The van der Waals surface area contributed by atoms with Crippen LogP contribution in [0.1, 0.15) is 35.2 Å². The Labute approximate surface area is 153 Å². The van der Waals surface area contributed by atoms with Gasteiger partial charge in [0.2, 0.25) is 0 Å². The summed E-state index contributed by atoms with van der Waals surface area (Å²) in [6, 6.07) is 7.45. The summed E-state index contributed by atoms with van der Waals surface area (Å²) in [7, 11) is 0. The molecular weight excluding hydrogens is 330 g/mol. The standard InChI is InChI=1S/C20H23N3O3/c24-19(17-4-8-21-9-5-17)23-10-2-6-20(15-23)11-18(14-26-20)25-13-16-3-1-7-22-12-16/h1,3-5,7-9,12,18H,2,6,10-11,13-15H2/t18-,20+/m1/s1. The minimum absolute atomic E-state index is 0.0507. The number of piperidine rings is 1. The number of pyridine rings is 2. The highest BCUT2D eigenvalue weighted by molar-refractivity contribution is 5.94. The van der Waals surface area contributed by atoms with Crippen molar-refractivity contribution >= 4 is 5.91 Å². The zero-order valence-electron chi connectivity index (χ0n) is 14.7. The van der Waals surface area contributed by atoms with E-state index in [4.69, 9.17) is 9.47 Å². The second-order valence-corrected chi connectivity index (χ2v) is 7.06. The van der Waals surface area contributed by atoms with Crippen molar-refractivity contribution in [2.24, 2.45) is 0 Å². The van der Waals surface area contributed by atoms with Crippen LogP contribution in [0.2, 0.25) is 0 Å². The van der Waals surface area contributed by atoms with Crippen LogP contribution < -0.4 is 0 Å². The number of aromatic nitrogens is 2. The molecule has 4 rings (SSSR count). The Balaban J connectivity index is 1.36. The van der Waals surface area contributed by atoms with Crippen molar-refractivity contribution in [1.29, 1.82) is 0 Å². The number of rotatable bonds is 4. The third-order valence-corrected chi connectivity index (χ3v) is 5.14. The Kier molecular flexibility index (Phi) is 4.95. The maximum Gasteiger partial charge on any atom is 0.254 e. The Hall–Kier alpha value is -2.31. The molecule has 6 nitrogen and oxygen atoms in total. The lowest BCUT2D eigenvalue weighted by Gasteiger charge is -2.39. The smallest absolute Gasteiger partial charge is 0.254 e. The first-order valence-electron chi connectivity index (χ1n) is 9.08. The van der Waals surface area contributed by atoms with Gasteiger partial charge in [0, 0.05) is 43.3 Å². The molecule has 0 bridgehead atoms. The molecule has 0 N–H and O–H groups in total. The average Bonchev–Trinajstić information content (AvgIpc) is 3.09. The van der Waals surface area contributed by atoms with Gasteiger partial charge in [-0.25, -0.2) is 0 Å². The Morgan fingerprint density at radius 2 is 2.15 bits per heavy atom. The minimum Gasteiger partial charge on any atom is -0.371 e. The molecule has 0 unspecified atom stereocenters. The number of hydrogen-bond acceptors (Lipinski definition) is 5. The van der Waals surface area contributed by atoms with Gasteiger partial charge in [-0.05, 0) is 36.6 Å². The lowest BCUT2D eigenvalue weighted by atomic mass is 9.89. The molecule has 2 aromatic heterocycles. The van der Waals surface area contributed by atoms with Crippen LogP contribution in [0.5, 0.6) is 0 Å². The molecule has 4 heterocycles. The SMILES string of the molecule is O=C(c1ccncc1)N1CCC[C@]2(C[C@@H](OCc3cccnc3)CO2)C1. The second kappa shape index (κ2) is 7.51. The number of amides is 1. The highest BCUT2D eigenvalue weighted by atomic mass is 16.6. The van der Waals surface area contributed by atoms with Gasteiger partial charge in [-0.15, -0.1) is 0 Å². The van der Waals surface area contributed by atoms with Gasteiger partial charge in [0.25, 0.3) is 5.91 Å². The predicted molar refractivity (Wildman–Crippen MR) is 95.5 cm³/mol. The first-order valence-corrected chi connectivity index (χ1v) is 9.08. The second-order valence-electron chi connectivity index (χ2n) is 7.06. The van der Waals surface area contributed by atoms with E-state index in [1.54, 1.807) is 30.7 Å². The molecule has 2 atom stereocenters. The van der Waals surface area contributed by atoms with Crippen LogP contribution in [0.25, 0.3) is 0 Å². The first kappa shape index (κ1) is 17.1.